The van der Waals surface area contributed by atoms with Crippen LogP contribution in [0.1, 0.15) is 16.7 Å². The molecular formula is C19H22BrF3N2+2. The molecule has 1 saturated heterocycles. The summed E-state index contributed by atoms with van der Waals surface area (Å²) in [5.41, 5.74) is 1.19. The second kappa shape index (κ2) is 7.89. The van der Waals surface area contributed by atoms with Gasteiger partial charge in [-0.1, -0.05) is 52.3 Å². The zero-order chi connectivity index (χ0) is 17.9. The molecule has 0 atom stereocenters. The summed E-state index contributed by atoms with van der Waals surface area (Å²) in [5, 5.41) is 0. The second-order valence-electron chi connectivity index (χ2n) is 6.60. The van der Waals surface area contributed by atoms with Crippen molar-refractivity contribution in [3.05, 3.63) is 69.7 Å². The molecule has 2 aromatic carbocycles. The number of hydrogen-bond donors (Lipinski definition) is 2. The summed E-state index contributed by atoms with van der Waals surface area (Å²) in [4.78, 5) is 2.72. The van der Waals surface area contributed by atoms with Gasteiger partial charge in [-0.05, 0) is 12.1 Å². The van der Waals surface area contributed by atoms with E-state index < -0.39 is 11.7 Å². The van der Waals surface area contributed by atoms with Gasteiger partial charge < -0.3 is 9.80 Å². The lowest BCUT2D eigenvalue weighted by Gasteiger charge is -2.30. The fourth-order valence-electron chi connectivity index (χ4n) is 3.44. The molecule has 1 fully saturated rings. The zero-order valence-corrected chi connectivity index (χ0v) is 15.5. The Morgan fingerprint density at radius 3 is 1.80 bits per heavy atom. The van der Waals surface area contributed by atoms with Gasteiger partial charge in [-0.15, -0.1) is 0 Å². The molecule has 2 nitrogen and oxygen atoms in total. The second-order valence-corrected chi connectivity index (χ2v) is 7.45. The molecular weight excluding hydrogens is 393 g/mol. The van der Waals surface area contributed by atoms with Gasteiger partial charge in [0.05, 0.1) is 5.56 Å². The maximum Gasteiger partial charge on any atom is 0.416 e. The lowest BCUT2D eigenvalue weighted by molar-refractivity contribution is -1.02. The Kier molecular flexibility index (Phi) is 5.81. The highest BCUT2D eigenvalue weighted by Crippen LogP contribution is 2.31. The number of nitrogens with one attached hydrogen (secondary N) is 2. The van der Waals surface area contributed by atoms with E-state index >= 15 is 0 Å². The average molecular weight is 415 g/mol. The highest BCUT2D eigenvalue weighted by atomic mass is 79.9. The van der Waals surface area contributed by atoms with Gasteiger partial charge in [-0.2, -0.15) is 13.2 Å². The van der Waals surface area contributed by atoms with Crippen molar-refractivity contribution < 1.29 is 23.0 Å². The van der Waals surface area contributed by atoms with Crippen LogP contribution < -0.4 is 9.80 Å². The van der Waals surface area contributed by atoms with Crippen molar-refractivity contribution in [2.75, 3.05) is 26.2 Å². The number of quaternary nitrogens is 2. The fourth-order valence-corrected chi connectivity index (χ4v) is 3.87. The molecule has 0 amide bonds. The van der Waals surface area contributed by atoms with E-state index in [4.69, 9.17) is 0 Å². The maximum absolute atomic E-state index is 13.1. The van der Waals surface area contributed by atoms with Gasteiger partial charge >= 0.3 is 6.18 Å². The average Bonchev–Trinajstić information content (AvgIpc) is 2.58. The lowest BCUT2D eigenvalue weighted by atomic mass is 10.1. The third kappa shape index (κ3) is 4.84. The first kappa shape index (κ1) is 18.4. The van der Waals surface area contributed by atoms with E-state index in [2.05, 4.69) is 22.0 Å². The molecule has 0 saturated carbocycles. The van der Waals surface area contributed by atoms with E-state index in [0.717, 1.165) is 37.2 Å². The Morgan fingerprint density at radius 1 is 0.760 bits per heavy atom. The third-order valence-corrected chi connectivity index (χ3v) is 5.60. The lowest BCUT2D eigenvalue weighted by Crippen LogP contribution is -3.27. The first-order chi connectivity index (χ1) is 11.9. The van der Waals surface area contributed by atoms with Crippen LogP contribution in [0.3, 0.4) is 0 Å². The van der Waals surface area contributed by atoms with Gasteiger partial charge in [0.1, 0.15) is 39.3 Å². The monoisotopic (exact) mass is 414 g/mol. The van der Waals surface area contributed by atoms with Crippen molar-refractivity contribution in [1.82, 2.24) is 0 Å². The van der Waals surface area contributed by atoms with Crippen LogP contribution in [0.25, 0.3) is 0 Å². The van der Waals surface area contributed by atoms with Gasteiger partial charge in [-0.25, -0.2) is 0 Å². The highest BCUT2D eigenvalue weighted by Gasteiger charge is 2.34. The molecule has 0 aromatic heterocycles. The van der Waals surface area contributed by atoms with Crippen molar-refractivity contribution in [2.24, 2.45) is 0 Å². The summed E-state index contributed by atoms with van der Waals surface area (Å²) in [7, 11) is 0. The molecule has 1 heterocycles. The Balaban J connectivity index is 1.58. The summed E-state index contributed by atoms with van der Waals surface area (Å²) >= 11 is 3.58. The van der Waals surface area contributed by atoms with Gasteiger partial charge in [0, 0.05) is 15.6 Å². The number of benzene rings is 2. The predicted molar refractivity (Wildman–Crippen MR) is 94.4 cm³/mol. The van der Waals surface area contributed by atoms with Crippen molar-refractivity contribution in [3.8, 4) is 0 Å². The van der Waals surface area contributed by atoms with Crippen LogP contribution in [0.15, 0.2) is 53.0 Å². The number of hydrogen-bond acceptors (Lipinski definition) is 0. The summed E-state index contributed by atoms with van der Waals surface area (Å²) in [6, 6.07) is 14.2. The summed E-state index contributed by atoms with van der Waals surface area (Å²) < 4.78 is 40.5. The molecule has 2 aromatic rings. The van der Waals surface area contributed by atoms with Crippen LogP contribution in [-0.2, 0) is 19.3 Å². The van der Waals surface area contributed by atoms with E-state index in [0.29, 0.717) is 12.1 Å². The van der Waals surface area contributed by atoms with Gasteiger partial charge in [-0.3, -0.25) is 0 Å². The summed E-state index contributed by atoms with van der Waals surface area (Å²) in [6.07, 6.45) is -4.28. The third-order valence-electron chi connectivity index (χ3n) is 4.83. The van der Waals surface area contributed by atoms with Crippen LogP contribution in [0, 0.1) is 0 Å². The van der Waals surface area contributed by atoms with E-state index in [-0.39, 0.29) is 0 Å². The van der Waals surface area contributed by atoms with E-state index in [1.54, 1.807) is 12.1 Å². The van der Waals surface area contributed by atoms with Gasteiger partial charge in [0.25, 0.3) is 0 Å². The van der Waals surface area contributed by atoms with E-state index in [1.165, 1.54) is 27.5 Å². The summed E-state index contributed by atoms with van der Waals surface area (Å²) in [5.74, 6) is 0. The van der Waals surface area contributed by atoms with Gasteiger partial charge in [0.15, 0.2) is 0 Å². The molecule has 0 bridgehead atoms. The first-order valence-electron chi connectivity index (χ1n) is 8.49. The maximum atomic E-state index is 13.1. The van der Waals surface area contributed by atoms with Crippen LogP contribution in [-0.4, -0.2) is 26.2 Å². The number of halogens is 4. The van der Waals surface area contributed by atoms with Crippen molar-refractivity contribution in [2.45, 2.75) is 19.3 Å². The standard InChI is InChI=1S/C19H20BrF3N2/c20-18-8-4-2-6-16(18)14-25-11-9-24(10-12-25)13-15-5-1-3-7-17(15)19(21,22)23/h1-8H,9-14H2/p+2. The minimum atomic E-state index is -4.28. The van der Waals surface area contributed by atoms with Crippen LogP contribution >= 0.6 is 15.9 Å². The molecule has 25 heavy (non-hydrogen) atoms. The predicted octanol–water partition coefficient (Wildman–Crippen LogP) is 1.95. The topological polar surface area (TPSA) is 8.88 Å². The molecule has 6 heteroatoms. The molecule has 0 radical (unpaired) electrons. The van der Waals surface area contributed by atoms with E-state index in [1.807, 2.05) is 18.2 Å². The smallest absolute Gasteiger partial charge is 0.322 e. The van der Waals surface area contributed by atoms with Gasteiger partial charge in [0.2, 0.25) is 0 Å². The van der Waals surface area contributed by atoms with Crippen LogP contribution in [0.5, 0.6) is 0 Å². The molecule has 1 aliphatic rings. The molecule has 1 aliphatic heterocycles. The SMILES string of the molecule is FC(F)(F)c1ccccc1C[NH+]1CC[NH+](Cc2ccccc2Br)CC1. The number of piperazine rings is 1. The summed E-state index contributed by atoms with van der Waals surface area (Å²) in [6.45, 7) is 5.14. The Hall–Kier alpha value is -1.37. The Bertz CT molecular complexity index is 710. The zero-order valence-electron chi connectivity index (χ0n) is 13.9. The quantitative estimate of drug-likeness (QED) is 0.756. The number of rotatable bonds is 4. The Morgan fingerprint density at radius 2 is 1.24 bits per heavy atom. The molecule has 0 spiro atoms. The van der Waals surface area contributed by atoms with E-state index in [9.17, 15) is 13.2 Å². The first-order valence-corrected chi connectivity index (χ1v) is 9.28. The van der Waals surface area contributed by atoms with Crippen molar-refractivity contribution in [3.63, 3.8) is 0 Å². The van der Waals surface area contributed by atoms with Crippen LogP contribution in [0.4, 0.5) is 13.2 Å². The number of alkyl halides is 3. The molecule has 0 unspecified atom stereocenters. The highest BCUT2D eigenvalue weighted by molar-refractivity contribution is 9.10. The van der Waals surface area contributed by atoms with Crippen molar-refractivity contribution >= 4 is 15.9 Å². The fraction of sp³-hybridized carbons (Fsp3) is 0.368. The molecule has 3 rings (SSSR count). The van der Waals surface area contributed by atoms with Crippen LogP contribution in [0.2, 0.25) is 0 Å². The minimum absolute atomic E-state index is 0.402. The normalized spacial score (nSPS) is 21.3. The Labute approximate surface area is 154 Å². The molecule has 0 aliphatic carbocycles. The molecule has 134 valence electrons. The van der Waals surface area contributed by atoms with Crippen molar-refractivity contribution in [1.29, 1.82) is 0 Å². The largest absolute Gasteiger partial charge is 0.416 e. The minimum Gasteiger partial charge on any atom is -0.322 e. The molecule has 2 N–H and O–H groups in total.